The number of rotatable bonds is 4. The van der Waals surface area contributed by atoms with Crippen molar-refractivity contribution in [2.45, 2.75) is 25.3 Å². The van der Waals surface area contributed by atoms with Gasteiger partial charge in [-0.1, -0.05) is 18.2 Å². The summed E-state index contributed by atoms with van der Waals surface area (Å²) in [6.45, 7) is 5.15. The number of ether oxygens (including phenoxy) is 1. The van der Waals surface area contributed by atoms with Gasteiger partial charge in [0.15, 0.2) is 0 Å². The van der Waals surface area contributed by atoms with Crippen molar-refractivity contribution in [1.82, 2.24) is 10.2 Å². The molecular weight excluding hydrogens is 271 g/mol. The number of methoxy groups -OCH3 is 1. The van der Waals surface area contributed by atoms with E-state index >= 15 is 0 Å². The molecule has 0 spiro atoms. The van der Waals surface area contributed by atoms with Crippen LogP contribution in [0.1, 0.15) is 18.9 Å². The molecule has 1 saturated heterocycles. The number of nitrogens with one attached hydrogen (secondary N) is 1. The van der Waals surface area contributed by atoms with Crippen LogP contribution in [-0.2, 0) is 16.0 Å². The van der Waals surface area contributed by atoms with Gasteiger partial charge in [-0.15, -0.1) is 0 Å². The van der Waals surface area contributed by atoms with Gasteiger partial charge in [-0.05, 0) is 31.5 Å². The molecule has 1 N–H and O–H groups in total. The molecule has 21 heavy (non-hydrogen) atoms. The Balaban J connectivity index is 2.28. The third kappa shape index (κ3) is 3.60. The Morgan fingerprint density at radius 2 is 2.14 bits per heavy atom. The summed E-state index contributed by atoms with van der Waals surface area (Å²) in [6.07, 6.45) is 1.27. The first kappa shape index (κ1) is 15.9. The van der Waals surface area contributed by atoms with E-state index in [4.69, 9.17) is 4.74 Å². The second kappa shape index (κ2) is 7.00. The topological polar surface area (TPSA) is 41.6 Å². The molecule has 0 saturated carbocycles. The van der Waals surface area contributed by atoms with Gasteiger partial charge in [0.05, 0.1) is 7.11 Å². The van der Waals surface area contributed by atoms with Crippen molar-refractivity contribution in [2.75, 3.05) is 33.3 Å². The molecule has 1 fully saturated rings. The summed E-state index contributed by atoms with van der Waals surface area (Å²) in [5.41, 5.74) is -0.300. The van der Waals surface area contributed by atoms with Crippen LogP contribution in [-0.4, -0.2) is 49.7 Å². The van der Waals surface area contributed by atoms with Gasteiger partial charge in [0, 0.05) is 26.1 Å². The van der Waals surface area contributed by atoms with Crippen molar-refractivity contribution in [3.8, 4) is 0 Å². The van der Waals surface area contributed by atoms with Crippen molar-refractivity contribution >= 4 is 5.97 Å². The van der Waals surface area contributed by atoms with E-state index in [9.17, 15) is 9.18 Å². The van der Waals surface area contributed by atoms with E-state index in [1.165, 1.54) is 13.2 Å². The van der Waals surface area contributed by atoms with E-state index in [0.717, 1.165) is 32.6 Å². The van der Waals surface area contributed by atoms with Gasteiger partial charge in [0.2, 0.25) is 0 Å². The van der Waals surface area contributed by atoms with Crippen molar-refractivity contribution in [1.29, 1.82) is 0 Å². The first-order chi connectivity index (χ1) is 10.1. The van der Waals surface area contributed by atoms with Gasteiger partial charge in [-0.3, -0.25) is 9.69 Å². The van der Waals surface area contributed by atoms with Gasteiger partial charge >= 0.3 is 5.97 Å². The van der Waals surface area contributed by atoms with Crippen LogP contribution in [0.3, 0.4) is 0 Å². The molecule has 0 aliphatic carbocycles. The highest BCUT2D eigenvalue weighted by atomic mass is 19.1. The number of esters is 1. The third-order valence-corrected chi connectivity index (χ3v) is 4.16. The predicted octanol–water partition coefficient (Wildman–Crippen LogP) is 1.60. The number of benzene rings is 1. The van der Waals surface area contributed by atoms with Crippen molar-refractivity contribution in [3.05, 3.63) is 35.6 Å². The van der Waals surface area contributed by atoms with Gasteiger partial charge in [-0.25, -0.2) is 4.39 Å². The standard InChI is InChI=1S/C16H23FN2O2/c1-16(15(20)21-2,19-10-5-8-18-9-11-19)12-13-6-3-4-7-14(13)17/h3-4,6-7,18H,5,8-12H2,1-2H3. The van der Waals surface area contributed by atoms with Crippen LogP contribution in [0.2, 0.25) is 0 Å². The minimum absolute atomic E-state index is 0.277. The zero-order valence-corrected chi connectivity index (χ0v) is 12.7. The highest BCUT2D eigenvalue weighted by Gasteiger charge is 2.41. The Labute approximate surface area is 125 Å². The molecule has 0 amide bonds. The summed E-state index contributed by atoms with van der Waals surface area (Å²) >= 11 is 0. The normalized spacial score (nSPS) is 19.6. The summed E-state index contributed by atoms with van der Waals surface area (Å²) in [4.78, 5) is 14.5. The first-order valence-corrected chi connectivity index (χ1v) is 7.35. The minimum atomic E-state index is -0.844. The lowest BCUT2D eigenvalue weighted by molar-refractivity contribution is -0.154. The number of hydrogen-bond acceptors (Lipinski definition) is 4. The summed E-state index contributed by atoms with van der Waals surface area (Å²) in [5, 5.41) is 3.31. The summed E-state index contributed by atoms with van der Waals surface area (Å²) in [5.74, 6) is -0.590. The molecule has 1 aliphatic heterocycles. The number of hydrogen-bond donors (Lipinski definition) is 1. The molecule has 1 aliphatic rings. The summed E-state index contributed by atoms with van der Waals surface area (Å²) in [7, 11) is 1.39. The number of carbonyl (C=O) groups excluding carboxylic acids is 1. The lowest BCUT2D eigenvalue weighted by atomic mass is 9.90. The molecule has 4 nitrogen and oxygen atoms in total. The number of nitrogens with zero attached hydrogens (tertiary/aromatic N) is 1. The molecule has 1 heterocycles. The zero-order chi connectivity index (χ0) is 15.3. The molecule has 1 unspecified atom stereocenters. The largest absolute Gasteiger partial charge is 0.468 e. The molecule has 2 rings (SSSR count). The molecule has 1 aromatic carbocycles. The summed E-state index contributed by atoms with van der Waals surface area (Å²) in [6, 6.07) is 6.61. The summed E-state index contributed by atoms with van der Waals surface area (Å²) < 4.78 is 18.9. The van der Waals surface area contributed by atoms with Crippen LogP contribution < -0.4 is 5.32 Å². The lowest BCUT2D eigenvalue weighted by Gasteiger charge is -2.38. The monoisotopic (exact) mass is 294 g/mol. The quantitative estimate of drug-likeness (QED) is 0.857. The SMILES string of the molecule is COC(=O)C(C)(Cc1ccccc1F)N1CCCNCC1. The molecular formula is C16H23FN2O2. The van der Waals surface area contributed by atoms with E-state index in [2.05, 4.69) is 10.2 Å². The Morgan fingerprint density at radius 1 is 1.38 bits per heavy atom. The van der Waals surface area contributed by atoms with Crippen LogP contribution in [0.25, 0.3) is 0 Å². The van der Waals surface area contributed by atoms with Gasteiger partial charge in [-0.2, -0.15) is 0 Å². The maximum Gasteiger partial charge on any atom is 0.326 e. The molecule has 1 atom stereocenters. The Morgan fingerprint density at radius 3 is 2.86 bits per heavy atom. The fraction of sp³-hybridized carbons (Fsp3) is 0.562. The zero-order valence-electron chi connectivity index (χ0n) is 12.7. The Bertz CT molecular complexity index is 487. The molecule has 5 heteroatoms. The van der Waals surface area contributed by atoms with Crippen molar-refractivity contribution in [2.24, 2.45) is 0 Å². The predicted molar refractivity (Wildman–Crippen MR) is 79.6 cm³/mol. The lowest BCUT2D eigenvalue weighted by Crippen LogP contribution is -2.55. The Hall–Kier alpha value is -1.46. The molecule has 0 aromatic heterocycles. The van der Waals surface area contributed by atoms with E-state index < -0.39 is 5.54 Å². The smallest absolute Gasteiger partial charge is 0.326 e. The first-order valence-electron chi connectivity index (χ1n) is 7.35. The molecule has 0 bridgehead atoms. The van der Waals surface area contributed by atoms with Gasteiger partial charge in [0.25, 0.3) is 0 Å². The fourth-order valence-corrected chi connectivity index (χ4v) is 2.88. The van der Waals surface area contributed by atoms with E-state index in [1.807, 2.05) is 6.92 Å². The third-order valence-electron chi connectivity index (χ3n) is 4.16. The average molecular weight is 294 g/mol. The van der Waals surface area contributed by atoms with Crippen molar-refractivity contribution in [3.63, 3.8) is 0 Å². The highest BCUT2D eigenvalue weighted by molar-refractivity contribution is 5.80. The van der Waals surface area contributed by atoms with Gasteiger partial charge < -0.3 is 10.1 Å². The van der Waals surface area contributed by atoms with Crippen LogP contribution in [0.5, 0.6) is 0 Å². The van der Waals surface area contributed by atoms with Crippen LogP contribution >= 0.6 is 0 Å². The number of halogens is 1. The van der Waals surface area contributed by atoms with Crippen molar-refractivity contribution < 1.29 is 13.9 Å². The molecule has 1 aromatic rings. The van der Waals surface area contributed by atoms with Gasteiger partial charge in [0.1, 0.15) is 11.4 Å². The van der Waals surface area contributed by atoms with E-state index in [-0.39, 0.29) is 11.8 Å². The van der Waals surface area contributed by atoms with Crippen LogP contribution in [0, 0.1) is 5.82 Å². The van der Waals surface area contributed by atoms with Crippen LogP contribution in [0.15, 0.2) is 24.3 Å². The van der Waals surface area contributed by atoms with E-state index in [0.29, 0.717) is 12.0 Å². The highest BCUT2D eigenvalue weighted by Crippen LogP contribution is 2.25. The second-order valence-electron chi connectivity index (χ2n) is 5.62. The molecule has 0 radical (unpaired) electrons. The second-order valence-corrected chi connectivity index (χ2v) is 5.62. The maximum absolute atomic E-state index is 14.0. The minimum Gasteiger partial charge on any atom is -0.468 e. The maximum atomic E-state index is 14.0. The average Bonchev–Trinajstić information content (AvgIpc) is 2.78. The Kier molecular flexibility index (Phi) is 5.31. The number of carbonyl (C=O) groups is 1. The fourth-order valence-electron chi connectivity index (χ4n) is 2.88. The van der Waals surface area contributed by atoms with E-state index in [1.54, 1.807) is 18.2 Å². The van der Waals surface area contributed by atoms with Crippen LogP contribution in [0.4, 0.5) is 4.39 Å². The molecule has 116 valence electrons.